The van der Waals surface area contributed by atoms with Crippen molar-refractivity contribution in [2.24, 2.45) is 5.73 Å². The van der Waals surface area contributed by atoms with E-state index in [9.17, 15) is 9.18 Å². The molecule has 0 fully saturated rings. The molecule has 6 heteroatoms. The molecule has 0 aromatic heterocycles. The zero-order valence-corrected chi connectivity index (χ0v) is 11.9. The molecule has 0 heterocycles. The van der Waals surface area contributed by atoms with Gasteiger partial charge in [-0.1, -0.05) is 17.7 Å². The summed E-state index contributed by atoms with van der Waals surface area (Å²) in [6.45, 7) is 0.774. The van der Waals surface area contributed by atoms with Crippen LogP contribution in [0.15, 0.2) is 42.5 Å². The number of hydrogen-bond acceptors (Lipinski definition) is 3. The quantitative estimate of drug-likeness (QED) is 0.892. The average molecular weight is 309 g/mol. The molecule has 0 spiro atoms. The molecule has 0 saturated carbocycles. The van der Waals surface area contributed by atoms with Gasteiger partial charge in [0, 0.05) is 23.3 Å². The van der Waals surface area contributed by atoms with Crippen LogP contribution < -0.4 is 15.8 Å². The number of anilines is 1. The third kappa shape index (κ3) is 4.18. The van der Waals surface area contributed by atoms with Crippen molar-refractivity contribution in [2.45, 2.75) is 0 Å². The van der Waals surface area contributed by atoms with Crippen molar-refractivity contribution in [3.63, 3.8) is 0 Å². The van der Waals surface area contributed by atoms with Crippen molar-refractivity contribution in [3.05, 3.63) is 58.9 Å². The zero-order chi connectivity index (χ0) is 15.2. The molecule has 0 bridgehead atoms. The summed E-state index contributed by atoms with van der Waals surface area (Å²) in [5.74, 6) is -0.648. The molecule has 1 amide bonds. The van der Waals surface area contributed by atoms with Crippen LogP contribution in [-0.4, -0.2) is 19.1 Å². The summed E-state index contributed by atoms with van der Waals surface area (Å²) in [6.07, 6.45) is 0. The molecule has 0 unspecified atom stereocenters. The molecule has 0 aliphatic rings. The van der Waals surface area contributed by atoms with Gasteiger partial charge in [-0.15, -0.1) is 0 Å². The lowest BCUT2D eigenvalue weighted by atomic mass is 10.2. The zero-order valence-electron chi connectivity index (χ0n) is 11.1. The van der Waals surface area contributed by atoms with Crippen molar-refractivity contribution in [3.8, 4) is 5.75 Å². The number of halogens is 2. The SMILES string of the molecule is NCCOc1cccc(NC(=O)c2ccc(Cl)cc2F)c1. The van der Waals surface area contributed by atoms with Crippen molar-refractivity contribution in [1.82, 2.24) is 0 Å². The first-order chi connectivity index (χ1) is 10.1. The minimum atomic E-state index is -0.671. The predicted octanol–water partition coefficient (Wildman–Crippen LogP) is 3.07. The number of amides is 1. The van der Waals surface area contributed by atoms with Gasteiger partial charge >= 0.3 is 0 Å². The third-order valence-electron chi connectivity index (χ3n) is 2.65. The molecular weight excluding hydrogens is 295 g/mol. The minimum absolute atomic E-state index is 0.0762. The van der Waals surface area contributed by atoms with Crippen LogP contribution in [-0.2, 0) is 0 Å². The van der Waals surface area contributed by atoms with Gasteiger partial charge in [0.25, 0.3) is 5.91 Å². The molecule has 4 nitrogen and oxygen atoms in total. The fourth-order valence-electron chi connectivity index (χ4n) is 1.71. The Morgan fingerprint density at radius 1 is 1.29 bits per heavy atom. The van der Waals surface area contributed by atoms with Gasteiger partial charge in [0.15, 0.2) is 0 Å². The highest BCUT2D eigenvalue weighted by atomic mass is 35.5. The van der Waals surface area contributed by atoms with Crippen LogP contribution in [0.4, 0.5) is 10.1 Å². The molecule has 0 aliphatic heterocycles. The van der Waals surface area contributed by atoms with E-state index in [-0.39, 0.29) is 10.6 Å². The van der Waals surface area contributed by atoms with Crippen molar-refractivity contribution < 1.29 is 13.9 Å². The summed E-state index contributed by atoms with van der Waals surface area (Å²) >= 11 is 5.65. The van der Waals surface area contributed by atoms with Gasteiger partial charge in [-0.2, -0.15) is 0 Å². The number of nitrogens with one attached hydrogen (secondary N) is 1. The van der Waals surface area contributed by atoms with Gasteiger partial charge in [-0.3, -0.25) is 4.79 Å². The summed E-state index contributed by atoms with van der Waals surface area (Å²) in [6, 6.07) is 10.7. The van der Waals surface area contributed by atoms with E-state index >= 15 is 0 Å². The van der Waals surface area contributed by atoms with Crippen LogP contribution in [0.2, 0.25) is 5.02 Å². The lowest BCUT2D eigenvalue weighted by Crippen LogP contribution is -2.14. The van der Waals surface area contributed by atoms with E-state index in [2.05, 4.69) is 5.32 Å². The maximum absolute atomic E-state index is 13.7. The second kappa shape index (κ2) is 7.06. The number of benzene rings is 2. The van der Waals surface area contributed by atoms with Gasteiger partial charge in [0.05, 0.1) is 5.56 Å². The summed E-state index contributed by atoms with van der Waals surface area (Å²) in [5.41, 5.74) is 5.78. The normalized spacial score (nSPS) is 10.2. The second-order valence-corrected chi connectivity index (χ2v) is 4.68. The van der Waals surface area contributed by atoms with Crippen LogP contribution >= 0.6 is 11.6 Å². The maximum Gasteiger partial charge on any atom is 0.258 e. The smallest absolute Gasteiger partial charge is 0.258 e. The van der Waals surface area contributed by atoms with Gasteiger partial charge in [0.2, 0.25) is 0 Å². The van der Waals surface area contributed by atoms with Crippen LogP contribution in [0.1, 0.15) is 10.4 Å². The standard InChI is InChI=1S/C15H14ClFN2O2/c16-10-4-5-13(14(17)8-10)15(20)19-11-2-1-3-12(9-11)21-7-6-18/h1-5,8-9H,6-7,18H2,(H,19,20). The highest BCUT2D eigenvalue weighted by molar-refractivity contribution is 6.30. The van der Waals surface area contributed by atoms with Crippen molar-refractivity contribution in [2.75, 3.05) is 18.5 Å². The Balaban J connectivity index is 2.12. The third-order valence-corrected chi connectivity index (χ3v) is 2.89. The minimum Gasteiger partial charge on any atom is -0.492 e. The summed E-state index contributed by atoms with van der Waals surface area (Å²) in [4.78, 5) is 12.0. The first kappa shape index (κ1) is 15.3. The predicted molar refractivity (Wildman–Crippen MR) is 80.4 cm³/mol. The molecular formula is C15H14ClFN2O2. The molecule has 0 aliphatic carbocycles. The molecule has 110 valence electrons. The monoisotopic (exact) mass is 308 g/mol. The topological polar surface area (TPSA) is 64.3 Å². The molecule has 2 aromatic carbocycles. The number of carbonyl (C=O) groups excluding carboxylic acids is 1. The van der Waals surface area contributed by atoms with E-state index in [4.69, 9.17) is 22.1 Å². The summed E-state index contributed by atoms with van der Waals surface area (Å²) in [5, 5.41) is 2.84. The van der Waals surface area contributed by atoms with Crippen molar-refractivity contribution in [1.29, 1.82) is 0 Å². The number of hydrogen-bond donors (Lipinski definition) is 2. The van der Waals surface area contributed by atoms with E-state index in [1.807, 2.05) is 0 Å². The first-order valence-corrected chi connectivity index (χ1v) is 6.67. The fourth-order valence-corrected chi connectivity index (χ4v) is 1.87. The van der Waals surface area contributed by atoms with E-state index in [1.165, 1.54) is 12.1 Å². The van der Waals surface area contributed by atoms with Crippen LogP contribution in [0.5, 0.6) is 5.75 Å². The van der Waals surface area contributed by atoms with Gasteiger partial charge in [0.1, 0.15) is 18.2 Å². The van der Waals surface area contributed by atoms with Crippen LogP contribution in [0.3, 0.4) is 0 Å². The van der Waals surface area contributed by atoms with E-state index < -0.39 is 11.7 Å². The molecule has 2 aromatic rings. The number of rotatable bonds is 5. The van der Waals surface area contributed by atoms with Gasteiger partial charge in [-0.05, 0) is 30.3 Å². The lowest BCUT2D eigenvalue weighted by Gasteiger charge is -2.09. The van der Waals surface area contributed by atoms with E-state index in [1.54, 1.807) is 24.3 Å². The Morgan fingerprint density at radius 3 is 2.81 bits per heavy atom. The summed E-state index contributed by atoms with van der Waals surface area (Å²) < 4.78 is 19.0. The average Bonchev–Trinajstić information content (AvgIpc) is 2.45. The molecule has 21 heavy (non-hydrogen) atoms. The Morgan fingerprint density at radius 2 is 2.10 bits per heavy atom. The maximum atomic E-state index is 13.7. The van der Waals surface area contributed by atoms with Crippen LogP contribution in [0, 0.1) is 5.82 Å². The van der Waals surface area contributed by atoms with Gasteiger partial charge < -0.3 is 15.8 Å². The Kier molecular flexibility index (Phi) is 5.14. The highest BCUT2D eigenvalue weighted by Crippen LogP contribution is 2.20. The van der Waals surface area contributed by atoms with E-state index in [0.717, 1.165) is 6.07 Å². The molecule has 3 N–H and O–H groups in total. The number of nitrogens with two attached hydrogens (primary N) is 1. The first-order valence-electron chi connectivity index (χ1n) is 6.29. The Labute approximate surface area is 126 Å². The largest absolute Gasteiger partial charge is 0.492 e. The van der Waals surface area contributed by atoms with Gasteiger partial charge in [-0.25, -0.2) is 4.39 Å². The van der Waals surface area contributed by atoms with E-state index in [0.29, 0.717) is 24.6 Å². The van der Waals surface area contributed by atoms with Crippen molar-refractivity contribution >= 4 is 23.2 Å². The molecule has 0 radical (unpaired) electrons. The molecule has 0 atom stereocenters. The van der Waals surface area contributed by atoms with Crippen LogP contribution in [0.25, 0.3) is 0 Å². The summed E-state index contributed by atoms with van der Waals surface area (Å²) in [7, 11) is 0. The number of carbonyl (C=O) groups is 1. The Bertz CT molecular complexity index is 649. The molecule has 2 rings (SSSR count). The second-order valence-electron chi connectivity index (χ2n) is 4.24. The fraction of sp³-hybridized carbons (Fsp3) is 0.133. The highest BCUT2D eigenvalue weighted by Gasteiger charge is 2.12. The molecule has 0 saturated heterocycles. The Hall–Kier alpha value is -2.11. The number of ether oxygens (including phenoxy) is 1. The lowest BCUT2D eigenvalue weighted by molar-refractivity contribution is 0.102.